The van der Waals surface area contributed by atoms with Gasteiger partial charge in [-0.15, -0.1) is 0 Å². The average Bonchev–Trinajstić information content (AvgIpc) is 2.40. The molecule has 94 valence electrons. The SMILES string of the molecule is CCNc1cccc(CN(C)c2ccccc2)n1. The van der Waals surface area contributed by atoms with E-state index in [1.165, 1.54) is 5.69 Å². The topological polar surface area (TPSA) is 28.2 Å². The van der Waals surface area contributed by atoms with Gasteiger partial charge >= 0.3 is 0 Å². The van der Waals surface area contributed by atoms with Crippen molar-refractivity contribution in [2.24, 2.45) is 0 Å². The Kier molecular flexibility index (Phi) is 4.18. The summed E-state index contributed by atoms with van der Waals surface area (Å²) < 4.78 is 0. The van der Waals surface area contributed by atoms with Gasteiger partial charge in [0.25, 0.3) is 0 Å². The number of hydrogen-bond acceptors (Lipinski definition) is 3. The Balaban J connectivity index is 2.07. The highest BCUT2D eigenvalue weighted by Crippen LogP contribution is 2.14. The molecular weight excluding hydrogens is 222 g/mol. The molecule has 1 aromatic carbocycles. The molecule has 0 aliphatic heterocycles. The predicted octanol–water partition coefficient (Wildman–Crippen LogP) is 3.15. The minimum absolute atomic E-state index is 0.809. The first kappa shape index (κ1) is 12.4. The second kappa shape index (κ2) is 6.05. The lowest BCUT2D eigenvalue weighted by Crippen LogP contribution is -2.17. The van der Waals surface area contributed by atoms with Gasteiger partial charge in [-0.2, -0.15) is 0 Å². The van der Waals surface area contributed by atoms with E-state index >= 15 is 0 Å². The van der Waals surface area contributed by atoms with Crippen molar-refractivity contribution in [1.29, 1.82) is 0 Å². The summed E-state index contributed by atoms with van der Waals surface area (Å²) >= 11 is 0. The van der Waals surface area contributed by atoms with Crippen molar-refractivity contribution in [3.05, 3.63) is 54.2 Å². The minimum atomic E-state index is 0.809. The quantitative estimate of drug-likeness (QED) is 0.871. The minimum Gasteiger partial charge on any atom is -0.370 e. The van der Waals surface area contributed by atoms with Crippen LogP contribution < -0.4 is 10.2 Å². The van der Waals surface area contributed by atoms with Gasteiger partial charge < -0.3 is 10.2 Å². The summed E-state index contributed by atoms with van der Waals surface area (Å²) in [5, 5.41) is 3.23. The number of nitrogens with zero attached hydrogens (tertiary/aromatic N) is 2. The Labute approximate surface area is 108 Å². The van der Waals surface area contributed by atoms with Crippen LogP contribution in [0.5, 0.6) is 0 Å². The van der Waals surface area contributed by atoms with Crippen LogP contribution in [-0.4, -0.2) is 18.6 Å². The number of rotatable bonds is 5. The van der Waals surface area contributed by atoms with Crippen molar-refractivity contribution in [2.75, 3.05) is 23.8 Å². The summed E-state index contributed by atoms with van der Waals surface area (Å²) in [5.41, 5.74) is 2.27. The van der Waals surface area contributed by atoms with E-state index in [-0.39, 0.29) is 0 Å². The van der Waals surface area contributed by atoms with E-state index in [1.54, 1.807) is 0 Å². The van der Waals surface area contributed by atoms with Crippen LogP contribution in [0.2, 0.25) is 0 Å². The maximum atomic E-state index is 4.58. The molecule has 1 N–H and O–H groups in total. The van der Waals surface area contributed by atoms with E-state index < -0.39 is 0 Å². The fraction of sp³-hybridized carbons (Fsp3) is 0.267. The summed E-state index contributed by atoms with van der Waals surface area (Å²) in [4.78, 5) is 6.77. The predicted molar refractivity (Wildman–Crippen MR) is 76.9 cm³/mol. The highest BCUT2D eigenvalue weighted by atomic mass is 15.1. The normalized spacial score (nSPS) is 10.1. The van der Waals surface area contributed by atoms with Gasteiger partial charge in [0, 0.05) is 19.3 Å². The van der Waals surface area contributed by atoms with Crippen LogP contribution in [0.1, 0.15) is 12.6 Å². The van der Waals surface area contributed by atoms with E-state index in [4.69, 9.17) is 0 Å². The van der Waals surface area contributed by atoms with Gasteiger partial charge in [0.2, 0.25) is 0 Å². The van der Waals surface area contributed by atoms with E-state index in [9.17, 15) is 0 Å². The molecular formula is C15H19N3. The molecule has 2 rings (SSSR count). The molecule has 2 aromatic rings. The fourth-order valence-electron chi connectivity index (χ4n) is 1.86. The molecule has 3 nitrogen and oxygen atoms in total. The lowest BCUT2D eigenvalue weighted by molar-refractivity contribution is 0.885. The Morgan fingerprint density at radius 3 is 2.56 bits per heavy atom. The first-order valence-corrected chi connectivity index (χ1v) is 6.25. The highest BCUT2D eigenvalue weighted by Gasteiger charge is 2.03. The molecule has 18 heavy (non-hydrogen) atoms. The molecule has 0 fully saturated rings. The molecule has 0 amide bonds. The van der Waals surface area contributed by atoms with E-state index in [2.05, 4.69) is 47.4 Å². The van der Waals surface area contributed by atoms with Crippen molar-refractivity contribution < 1.29 is 0 Å². The van der Waals surface area contributed by atoms with Crippen LogP contribution in [0.15, 0.2) is 48.5 Å². The Morgan fingerprint density at radius 1 is 1.06 bits per heavy atom. The highest BCUT2D eigenvalue weighted by molar-refractivity contribution is 5.45. The third-order valence-electron chi connectivity index (χ3n) is 2.76. The Bertz CT molecular complexity index is 482. The van der Waals surface area contributed by atoms with Crippen LogP contribution in [0, 0.1) is 0 Å². The molecule has 0 saturated carbocycles. The van der Waals surface area contributed by atoms with Gasteiger partial charge in [-0.1, -0.05) is 24.3 Å². The van der Waals surface area contributed by atoms with Crippen LogP contribution in [0.3, 0.4) is 0 Å². The lowest BCUT2D eigenvalue weighted by atomic mass is 10.2. The molecule has 0 atom stereocenters. The van der Waals surface area contributed by atoms with E-state index in [1.807, 2.05) is 30.3 Å². The molecule has 0 aliphatic carbocycles. The first-order chi connectivity index (χ1) is 8.79. The number of benzene rings is 1. The number of pyridine rings is 1. The number of para-hydroxylation sites is 1. The number of aromatic nitrogens is 1. The number of nitrogens with one attached hydrogen (secondary N) is 1. The molecule has 0 aliphatic rings. The van der Waals surface area contributed by atoms with Crippen LogP contribution in [0.25, 0.3) is 0 Å². The molecule has 3 heteroatoms. The summed E-state index contributed by atoms with van der Waals surface area (Å²) in [5.74, 6) is 0.941. The molecule has 0 radical (unpaired) electrons. The lowest BCUT2D eigenvalue weighted by Gasteiger charge is -2.19. The monoisotopic (exact) mass is 241 g/mol. The summed E-state index contributed by atoms with van der Waals surface area (Å²) in [6.45, 7) is 3.78. The number of anilines is 2. The molecule has 1 heterocycles. The zero-order chi connectivity index (χ0) is 12.8. The van der Waals surface area contributed by atoms with E-state index in [0.29, 0.717) is 0 Å². The van der Waals surface area contributed by atoms with Gasteiger partial charge in [-0.05, 0) is 31.2 Å². The van der Waals surface area contributed by atoms with Gasteiger partial charge in [0.15, 0.2) is 0 Å². The third kappa shape index (κ3) is 3.23. The summed E-state index contributed by atoms with van der Waals surface area (Å²) in [7, 11) is 2.08. The van der Waals surface area contributed by atoms with Crippen molar-refractivity contribution in [3.63, 3.8) is 0 Å². The van der Waals surface area contributed by atoms with Gasteiger partial charge in [0.05, 0.1) is 12.2 Å². The fourth-order valence-corrected chi connectivity index (χ4v) is 1.86. The summed E-state index contributed by atoms with van der Waals surface area (Å²) in [6.07, 6.45) is 0. The standard InChI is InChI=1S/C15H19N3/c1-3-16-15-11-7-8-13(17-15)12-18(2)14-9-5-4-6-10-14/h4-11H,3,12H2,1-2H3,(H,16,17). The molecule has 0 bridgehead atoms. The summed E-state index contributed by atoms with van der Waals surface area (Å²) in [6, 6.07) is 16.4. The van der Waals surface area contributed by atoms with Gasteiger partial charge in [-0.25, -0.2) is 4.98 Å². The van der Waals surface area contributed by atoms with Gasteiger partial charge in [0.1, 0.15) is 5.82 Å². The second-order valence-corrected chi connectivity index (χ2v) is 4.24. The maximum absolute atomic E-state index is 4.58. The molecule has 0 unspecified atom stereocenters. The Hall–Kier alpha value is -2.03. The third-order valence-corrected chi connectivity index (χ3v) is 2.76. The average molecular weight is 241 g/mol. The largest absolute Gasteiger partial charge is 0.370 e. The second-order valence-electron chi connectivity index (χ2n) is 4.24. The van der Waals surface area contributed by atoms with Gasteiger partial charge in [-0.3, -0.25) is 0 Å². The zero-order valence-electron chi connectivity index (χ0n) is 10.9. The van der Waals surface area contributed by atoms with E-state index in [0.717, 1.165) is 24.6 Å². The molecule has 0 spiro atoms. The van der Waals surface area contributed by atoms with Crippen LogP contribution in [-0.2, 0) is 6.54 Å². The van der Waals surface area contributed by atoms with Crippen molar-refractivity contribution in [2.45, 2.75) is 13.5 Å². The zero-order valence-corrected chi connectivity index (χ0v) is 10.9. The first-order valence-electron chi connectivity index (χ1n) is 6.25. The Morgan fingerprint density at radius 2 is 1.83 bits per heavy atom. The van der Waals surface area contributed by atoms with Crippen molar-refractivity contribution in [3.8, 4) is 0 Å². The smallest absolute Gasteiger partial charge is 0.126 e. The molecule has 1 aromatic heterocycles. The van der Waals surface area contributed by atoms with Crippen LogP contribution in [0.4, 0.5) is 11.5 Å². The van der Waals surface area contributed by atoms with Crippen molar-refractivity contribution in [1.82, 2.24) is 4.98 Å². The number of hydrogen-bond donors (Lipinski definition) is 1. The maximum Gasteiger partial charge on any atom is 0.126 e. The van der Waals surface area contributed by atoms with Crippen molar-refractivity contribution >= 4 is 11.5 Å². The molecule has 0 saturated heterocycles. The van der Waals surface area contributed by atoms with Crippen LogP contribution >= 0.6 is 0 Å².